The van der Waals surface area contributed by atoms with Crippen molar-refractivity contribution in [3.8, 4) is 11.4 Å². The molecule has 0 amide bonds. The number of methoxy groups -OCH3 is 1. The lowest BCUT2D eigenvalue weighted by atomic mass is 10.2. The first kappa shape index (κ1) is 12.1. The van der Waals surface area contributed by atoms with Crippen LogP contribution in [0.4, 0.5) is 5.69 Å². The zero-order valence-electron chi connectivity index (χ0n) is 9.74. The molecule has 7 heteroatoms. The lowest BCUT2D eigenvalue weighted by Gasteiger charge is -2.05. The number of benzene rings is 1. The maximum Gasteiger partial charge on any atom is 0.313 e. The van der Waals surface area contributed by atoms with E-state index in [2.05, 4.69) is 5.10 Å². The number of hydrogen-bond donors (Lipinski definition) is 1. The molecule has 1 aromatic heterocycles. The Morgan fingerprint density at radius 2 is 2.28 bits per heavy atom. The summed E-state index contributed by atoms with van der Waals surface area (Å²) in [5, 5.41) is 15.1. The van der Waals surface area contributed by atoms with Crippen molar-refractivity contribution < 1.29 is 9.66 Å². The van der Waals surface area contributed by atoms with E-state index in [-0.39, 0.29) is 11.4 Å². The summed E-state index contributed by atoms with van der Waals surface area (Å²) in [6.07, 6.45) is 1.70. The van der Waals surface area contributed by atoms with Crippen LogP contribution in [0, 0.1) is 10.1 Å². The molecule has 18 heavy (non-hydrogen) atoms. The normalized spacial score (nSPS) is 10.3. The van der Waals surface area contributed by atoms with Gasteiger partial charge in [-0.25, -0.2) is 4.68 Å². The van der Waals surface area contributed by atoms with Crippen LogP contribution in [0.5, 0.6) is 5.75 Å². The van der Waals surface area contributed by atoms with E-state index < -0.39 is 4.92 Å². The van der Waals surface area contributed by atoms with E-state index in [1.54, 1.807) is 18.3 Å². The van der Waals surface area contributed by atoms with Gasteiger partial charge in [0, 0.05) is 18.8 Å². The summed E-state index contributed by atoms with van der Waals surface area (Å²) < 4.78 is 6.47. The molecule has 0 radical (unpaired) electrons. The monoisotopic (exact) mass is 248 g/mol. The molecule has 2 rings (SSSR count). The number of nitrogens with zero attached hydrogens (tertiary/aromatic N) is 3. The second-order valence-electron chi connectivity index (χ2n) is 3.57. The van der Waals surface area contributed by atoms with Crippen LogP contribution >= 0.6 is 0 Å². The third-order valence-corrected chi connectivity index (χ3v) is 2.48. The van der Waals surface area contributed by atoms with Gasteiger partial charge in [-0.05, 0) is 18.2 Å². The highest BCUT2D eigenvalue weighted by atomic mass is 16.6. The molecule has 0 fully saturated rings. The van der Waals surface area contributed by atoms with Crippen LogP contribution in [-0.4, -0.2) is 21.8 Å². The van der Waals surface area contributed by atoms with E-state index >= 15 is 0 Å². The fourth-order valence-electron chi connectivity index (χ4n) is 1.58. The molecule has 0 saturated carbocycles. The quantitative estimate of drug-likeness (QED) is 0.648. The minimum atomic E-state index is -0.490. The number of nitrogens with two attached hydrogens (primary N) is 1. The Bertz CT molecular complexity index is 579. The third-order valence-electron chi connectivity index (χ3n) is 2.48. The molecule has 0 spiro atoms. The highest BCUT2D eigenvalue weighted by Gasteiger charge is 2.16. The Balaban J connectivity index is 2.46. The Kier molecular flexibility index (Phi) is 3.24. The number of hydrogen-bond acceptors (Lipinski definition) is 5. The predicted octanol–water partition coefficient (Wildman–Crippen LogP) is 1.25. The van der Waals surface area contributed by atoms with Crippen LogP contribution in [0.25, 0.3) is 5.69 Å². The van der Waals surface area contributed by atoms with Crippen molar-refractivity contribution in [2.45, 2.75) is 6.54 Å². The number of rotatable bonds is 4. The molecule has 2 aromatic rings. The van der Waals surface area contributed by atoms with Gasteiger partial charge < -0.3 is 10.5 Å². The third kappa shape index (κ3) is 2.16. The number of aromatic nitrogens is 2. The van der Waals surface area contributed by atoms with Gasteiger partial charge in [0.25, 0.3) is 0 Å². The maximum atomic E-state index is 10.9. The second kappa shape index (κ2) is 4.84. The Hall–Kier alpha value is -2.41. The topological polar surface area (TPSA) is 96.2 Å². The van der Waals surface area contributed by atoms with Crippen LogP contribution in [0.15, 0.2) is 30.5 Å². The fourth-order valence-corrected chi connectivity index (χ4v) is 1.58. The molecule has 0 aliphatic carbocycles. The van der Waals surface area contributed by atoms with Gasteiger partial charge in [0.1, 0.15) is 0 Å². The van der Waals surface area contributed by atoms with Crippen molar-refractivity contribution in [2.24, 2.45) is 5.73 Å². The average Bonchev–Trinajstić information content (AvgIpc) is 2.86. The number of nitro groups is 1. The van der Waals surface area contributed by atoms with E-state index in [0.29, 0.717) is 17.9 Å². The molecular formula is C11H12N4O3. The number of nitro benzene ring substituents is 1. The summed E-state index contributed by atoms with van der Waals surface area (Å²) in [7, 11) is 1.39. The van der Waals surface area contributed by atoms with Crippen molar-refractivity contribution in [3.63, 3.8) is 0 Å². The van der Waals surface area contributed by atoms with Crippen LogP contribution in [0.2, 0.25) is 0 Å². The first-order chi connectivity index (χ1) is 8.65. The molecule has 1 aromatic carbocycles. The average molecular weight is 248 g/mol. The molecule has 1 heterocycles. The zero-order valence-corrected chi connectivity index (χ0v) is 9.74. The van der Waals surface area contributed by atoms with Gasteiger partial charge in [0.2, 0.25) is 0 Å². The molecule has 7 nitrogen and oxygen atoms in total. The Labute approximate surface area is 103 Å². The van der Waals surface area contributed by atoms with E-state index in [9.17, 15) is 10.1 Å². The Morgan fingerprint density at radius 1 is 1.50 bits per heavy atom. The van der Waals surface area contributed by atoms with Gasteiger partial charge in [-0.1, -0.05) is 0 Å². The van der Waals surface area contributed by atoms with E-state index in [1.165, 1.54) is 23.9 Å². The summed E-state index contributed by atoms with van der Waals surface area (Å²) in [5.74, 6) is 0.218. The molecule has 0 saturated heterocycles. The van der Waals surface area contributed by atoms with E-state index in [0.717, 1.165) is 0 Å². The molecule has 2 N–H and O–H groups in total. The molecule has 0 atom stereocenters. The highest BCUT2D eigenvalue weighted by molar-refractivity contribution is 5.53. The standard InChI is InChI=1S/C11H12N4O3/c1-18-11-3-2-9(6-10(11)15(16)17)14-5-4-8(7-12)13-14/h2-6H,7,12H2,1H3. The first-order valence-electron chi connectivity index (χ1n) is 5.23. The summed E-state index contributed by atoms with van der Waals surface area (Å²) in [5.41, 5.74) is 6.67. The molecule has 0 aliphatic heterocycles. The molecule has 0 unspecified atom stereocenters. The molecular weight excluding hydrogens is 236 g/mol. The van der Waals surface area contributed by atoms with E-state index in [4.69, 9.17) is 10.5 Å². The van der Waals surface area contributed by atoms with Gasteiger partial charge in [-0.3, -0.25) is 10.1 Å². The largest absolute Gasteiger partial charge is 0.490 e. The maximum absolute atomic E-state index is 10.9. The highest BCUT2D eigenvalue weighted by Crippen LogP contribution is 2.28. The second-order valence-corrected chi connectivity index (χ2v) is 3.57. The van der Waals surface area contributed by atoms with Crippen molar-refractivity contribution in [1.82, 2.24) is 9.78 Å². The summed E-state index contributed by atoms with van der Waals surface area (Å²) >= 11 is 0. The smallest absolute Gasteiger partial charge is 0.313 e. The van der Waals surface area contributed by atoms with Gasteiger partial charge in [0.05, 0.1) is 23.4 Å². The summed E-state index contributed by atoms with van der Waals surface area (Å²) in [6, 6.07) is 6.40. The van der Waals surface area contributed by atoms with E-state index in [1.807, 2.05) is 0 Å². The van der Waals surface area contributed by atoms with Crippen LogP contribution in [-0.2, 0) is 6.54 Å². The van der Waals surface area contributed by atoms with Crippen molar-refractivity contribution >= 4 is 5.69 Å². The lowest BCUT2D eigenvalue weighted by Crippen LogP contribution is -2.01. The minimum Gasteiger partial charge on any atom is -0.490 e. The number of ether oxygens (including phenoxy) is 1. The summed E-state index contributed by atoms with van der Waals surface area (Å²) in [4.78, 5) is 10.4. The lowest BCUT2D eigenvalue weighted by molar-refractivity contribution is -0.385. The molecule has 0 bridgehead atoms. The van der Waals surface area contributed by atoms with Gasteiger partial charge in [0.15, 0.2) is 5.75 Å². The van der Waals surface area contributed by atoms with Crippen molar-refractivity contribution in [1.29, 1.82) is 0 Å². The van der Waals surface area contributed by atoms with Crippen LogP contribution in [0.3, 0.4) is 0 Å². The first-order valence-corrected chi connectivity index (χ1v) is 5.23. The van der Waals surface area contributed by atoms with Gasteiger partial charge in [-0.2, -0.15) is 5.10 Å². The molecule has 94 valence electrons. The minimum absolute atomic E-state index is 0.0974. The SMILES string of the molecule is COc1ccc(-n2ccc(CN)n2)cc1[N+](=O)[O-]. The van der Waals surface area contributed by atoms with Crippen molar-refractivity contribution in [3.05, 3.63) is 46.3 Å². The summed E-state index contributed by atoms with van der Waals surface area (Å²) in [6.45, 7) is 0.325. The zero-order chi connectivity index (χ0) is 13.1. The van der Waals surface area contributed by atoms with Gasteiger partial charge in [-0.15, -0.1) is 0 Å². The fraction of sp³-hybridized carbons (Fsp3) is 0.182. The molecule has 0 aliphatic rings. The predicted molar refractivity (Wildman–Crippen MR) is 64.7 cm³/mol. The van der Waals surface area contributed by atoms with Gasteiger partial charge >= 0.3 is 5.69 Å². The Morgan fingerprint density at radius 3 is 2.83 bits per heavy atom. The van der Waals surface area contributed by atoms with Crippen LogP contribution < -0.4 is 10.5 Å². The van der Waals surface area contributed by atoms with Crippen LogP contribution in [0.1, 0.15) is 5.69 Å². The van der Waals surface area contributed by atoms with Crippen molar-refractivity contribution in [2.75, 3.05) is 7.11 Å².